The highest BCUT2D eigenvalue weighted by Crippen LogP contribution is 2.27. The van der Waals surface area contributed by atoms with Gasteiger partial charge in [-0.25, -0.2) is 4.79 Å². The van der Waals surface area contributed by atoms with E-state index in [1.165, 1.54) is 7.11 Å². The van der Waals surface area contributed by atoms with Crippen molar-refractivity contribution >= 4 is 28.3 Å². The van der Waals surface area contributed by atoms with E-state index in [4.69, 9.17) is 4.74 Å². The smallest absolute Gasteiger partial charge is 0.379 e. The van der Waals surface area contributed by atoms with Crippen LogP contribution in [0, 0.1) is 0 Å². The van der Waals surface area contributed by atoms with Gasteiger partial charge in [0.15, 0.2) is 0 Å². The van der Waals surface area contributed by atoms with E-state index in [1.807, 2.05) is 29.8 Å². The van der Waals surface area contributed by atoms with Crippen molar-refractivity contribution < 1.29 is 19.1 Å². The number of aromatic nitrogens is 1. The summed E-state index contributed by atoms with van der Waals surface area (Å²) < 4.78 is 11.7. The van der Waals surface area contributed by atoms with Gasteiger partial charge in [0, 0.05) is 37.4 Å². The molecule has 0 unspecified atom stereocenters. The Morgan fingerprint density at radius 3 is 2.64 bits per heavy atom. The van der Waals surface area contributed by atoms with Crippen LogP contribution >= 0.6 is 0 Å². The monoisotopic (exact) mass is 302 g/mol. The van der Waals surface area contributed by atoms with Crippen molar-refractivity contribution in [3.8, 4) is 0 Å². The second kappa shape index (κ2) is 5.81. The third kappa shape index (κ3) is 2.46. The maximum atomic E-state index is 12.1. The first-order valence-electron chi connectivity index (χ1n) is 7.16. The minimum Gasteiger partial charge on any atom is -0.463 e. The van der Waals surface area contributed by atoms with Crippen LogP contribution in [0.5, 0.6) is 0 Å². The Morgan fingerprint density at radius 2 is 1.95 bits per heavy atom. The zero-order valence-electron chi connectivity index (χ0n) is 12.7. The average molecular weight is 302 g/mol. The molecule has 1 aliphatic rings. The molecular formula is C16H18N2O4. The van der Waals surface area contributed by atoms with Crippen LogP contribution in [0.1, 0.15) is 10.4 Å². The van der Waals surface area contributed by atoms with E-state index in [0.29, 0.717) is 5.56 Å². The molecule has 0 radical (unpaired) electrons. The third-order valence-corrected chi connectivity index (χ3v) is 3.97. The molecule has 1 aromatic carbocycles. The van der Waals surface area contributed by atoms with Crippen LogP contribution in [0.3, 0.4) is 0 Å². The van der Waals surface area contributed by atoms with Crippen molar-refractivity contribution in [3.05, 3.63) is 30.0 Å². The number of fused-ring (bicyclic) bond motifs is 1. The Hall–Kier alpha value is -2.34. The fourth-order valence-electron chi connectivity index (χ4n) is 2.77. The van der Waals surface area contributed by atoms with E-state index in [-0.39, 0.29) is 0 Å². The number of carbonyl (C=O) groups is 2. The van der Waals surface area contributed by atoms with Crippen molar-refractivity contribution in [1.82, 2.24) is 4.57 Å². The van der Waals surface area contributed by atoms with E-state index < -0.39 is 11.8 Å². The van der Waals surface area contributed by atoms with Crippen molar-refractivity contribution in [2.45, 2.75) is 0 Å². The number of nitrogens with zero attached hydrogens (tertiary/aromatic N) is 2. The van der Waals surface area contributed by atoms with Crippen LogP contribution in [0.25, 0.3) is 10.9 Å². The summed E-state index contributed by atoms with van der Waals surface area (Å²) in [6.45, 7) is 3.14. The van der Waals surface area contributed by atoms with Crippen molar-refractivity contribution in [1.29, 1.82) is 0 Å². The van der Waals surface area contributed by atoms with Gasteiger partial charge >= 0.3 is 5.97 Å². The van der Waals surface area contributed by atoms with E-state index in [1.54, 1.807) is 6.20 Å². The number of esters is 1. The summed E-state index contributed by atoms with van der Waals surface area (Å²) >= 11 is 0. The summed E-state index contributed by atoms with van der Waals surface area (Å²) in [7, 11) is 3.07. The Balaban J connectivity index is 2.01. The molecule has 1 aromatic heterocycles. The van der Waals surface area contributed by atoms with Crippen LogP contribution in [-0.4, -0.2) is 49.7 Å². The molecule has 0 aliphatic carbocycles. The van der Waals surface area contributed by atoms with Crippen LogP contribution < -0.4 is 4.90 Å². The molecule has 1 saturated heterocycles. The second-order valence-corrected chi connectivity index (χ2v) is 5.28. The standard InChI is InChI=1S/C16H18N2O4/c1-17-10-13(15(19)16(20)21-2)12-4-3-11(9-14(12)17)18-5-7-22-8-6-18/h3-4,9-10H,5-8H2,1-2H3. The van der Waals surface area contributed by atoms with Gasteiger partial charge in [0.25, 0.3) is 5.78 Å². The van der Waals surface area contributed by atoms with Crippen LogP contribution in [0.4, 0.5) is 5.69 Å². The minimum atomic E-state index is -0.843. The molecule has 6 heteroatoms. The lowest BCUT2D eigenvalue weighted by Crippen LogP contribution is -2.36. The maximum Gasteiger partial charge on any atom is 0.379 e. The molecule has 0 atom stereocenters. The van der Waals surface area contributed by atoms with Crippen LogP contribution in [0.15, 0.2) is 24.4 Å². The fourth-order valence-corrected chi connectivity index (χ4v) is 2.77. The summed E-state index contributed by atoms with van der Waals surface area (Å²) in [5, 5.41) is 0.759. The molecule has 0 saturated carbocycles. The molecular weight excluding hydrogens is 284 g/mol. The molecule has 1 fully saturated rings. The first-order chi connectivity index (χ1) is 10.6. The number of morpholine rings is 1. The number of ether oxygens (including phenoxy) is 2. The minimum absolute atomic E-state index is 0.373. The predicted octanol–water partition coefficient (Wildman–Crippen LogP) is 1.37. The normalized spacial score (nSPS) is 15.1. The average Bonchev–Trinajstić information content (AvgIpc) is 2.90. The van der Waals surface area contributed by atoms with Gasteiger partial charge in [-0.05, 0) is 12.1 Å². The van der Waals surface area contributed by atoms with Crippen molar-refractivity contribution in [2.75, 3.05) is 38.3 Å². The number of benzene rings is 1. The van der Waals surface area contributed by atoms with Gasteiger partial charge in [0.05, 0.1) is 31.4 Å². The number of aryl methyl sites for hydroxylation is 1. The molecule has 22 heavy (non-hydrogen) atoms. The molecule has 2 aromatic rings. The number of ketones is 1. The summed E-state index contributed by atoms with van der Waals surface area (Å²) in [5.41, 5.74) is 2.38. The van der Waals surface area contributed by atoms with E-state index in [2.05, 4.69) is 9.64 Å². The summed E-state index contributed by atoms with van der Waals surface area (Å²) in [5.74, 6) is -1.46. The number of hydrogen-bond donors (Lipinski definition) is 0. The zero-order chi connectivity index (χ0) is 15.7. The van der Waals surface area contributed by atoms with E-state index in [9.17, 15) is 9.59 Å². The highest BCUT2D eigenvalue weighted by Gasteiger charge is 2.22. The molecule has 1 aliphatic heterocycles. The lowest BCUT2D eigenvalue weighted by atomic mass is 10.1. The molecule has 116 valence electrons. The Labute approximate surface area is 128 Å². The van der Waals surface area contributed by atoms with Gasteiger partial charge in [0.2, 0.25) is 0 Å². The molecule has 0 bridgehead atoms. The quantitative estimate of drug-likeness (QED) is 0.487. The third-order valence-electron chi connectivity index (χ3n) is 3.97. The highest BCUT2D eigenvalue weighted by atomic mass is 16.5. The number of methoxy groups -OCH3 is 1. The first kappa shape index (κ1) is 14.6. The summed E-state index contributed by atoms with van der Waals surface area (Å²) in [4.78, 5) is 25.8. The number of rotatable bonds is 3. The lowest BCUT2D eigenvalue weighted by molar-refractivity contribution is -0.135. The Bertz CT molecular complexity index is 729. The Morgan fingerprint density at radius 1 is 1.23 bits per heavy atom. The van der Waals surface area contributed by atoms with E-state index >= 15 is 0 Å². The van der Waals surface area contributed by atoms with E-state index in [0.717, 1.165) is 42.9 Å². The Kier molecular flexibility index (Phi) is 3.85. The maximum absolute atomic E-state index is 12.1. The molecule has 0 N–H and O–H groups in total. The SMILES string of the molecule is COC(=O)C(=O)c1cn(C)c2cc(N3CCOCC3)ccc12. The molecule has 0 spiro atoms. The van der Waals surface area contributed by atoms with Gasteiger partial charge in [-0.3, -0.25) is 4.79 Å². The van der Waals surface area contributed by atoms with Gasteiger partial charge in [-0.1, -0.05) is 6.07 Å². The predicted molar refractivity (Wildman–Crippen MR) is 82.3 cm³/mol. The summed E-state index contributed by atoms with van der Waals surface area (Å²) in [6.07, 6.45) is 1.67. The second-order valence-electron chi connectivity index (χ2n) is 5.28. The number of hydrogen-bond acceptors (Lipinski definition) is 5. The van der Waals surface area contributed by atoms with Crippen LogP contribution in [0.2, 0.25) is 0 Å². The van der Waals surface area contributed by atoms with Crippen LogP contribution in [-0.2, 0) is 21.3 Å². The first-order valence-corrected chi connectivity index (χ1v) is 7.16. The van der Waals surface area contributed by atoms with Gasteiger partial charge in [0.1, 0.15) is 0 Å². The number of carbonyl (C=O) groups excluding carboxylic acids is 2. The number of Topliss-reactive ketones (excluding diaryl/α,β-unsaturated/α-hetero) is 1. The zero-order valence-corrected chi connectivity index (χ0v) is 12.7. The summed E-state index contributed by atoms with van der Waals surface area (Å²) in [6, 6.07) is 5.90. The van der Waals surface area contributed by atoms with Gasteiger partial charge in [-0.15, -0.1) is 0 Å². The van der Waals surface area contributed by atoms with Gasteiger partial charge < -0.3 is 18.9 Å². The lowest BCUT2D eigenvalue weighted by Gasteiger charge is -2.29. The number of anilines is 1. The molecule has 6 nitrogen and oxygen atoms in total. The molecule has 0 amide bonds. The highest BCUT2D eigenvalue weighted by molar-refractivity contribution is 6.43. The molecule has 2 heterocycles. The topological polar surface area (TPSA) is 60.8 Å². The fraction of sp³-hybridized carbons (Fsp3) is 0.375. The van der Waals surface area contributed by atoms with Crippen molar-refractivity contribution in [2.24, 2.45) is 7.05 Å². The molecule has 3 rings (SSSR count). The van der Waals surface area contributed by atoms with Gasteiger partial charge in [-0.2, -0.15) is 0 Å². The van der Waals surface area contributed by atoms with Crippen molar-refractivity contribution in [3.63, 3.8) is 0 Å². The largest absolute Gasteiger partial charge is 0.463 e.